The number of anilines is 1. The average Bonchev–Trinajstić information content (AvgIpc) is 3.29. The maximum Gasteiger partial charge on any atom is 0.281 e. The molecule has 5 nitrogen and oxygen atoms in total. The zero-order valence-corrected chi connectivity index (χ0v) is 16.5. The highest BCUT2D eigenvalue weighted by Gasteiger charge is 2.20. The molecule has 0 unspecified atom stereocenters. The molecule has 2 aliphatic rings. The van der Waals surface area contributed by atoms with Gasteiger partial charge in [-0.05, 0) is 48.9 Å². The largest absolute Gasteiger partial charge is 0.378 e. The molecule has 1 N–H and O–H groups in total. The van der Waals surface area contributed by atoms with Gasteiger partial charge < -0.3 is 9.64 Å². The molecule has 1 fully saturated rings. The third-order valence-electron chi connectivity index (χ3n) is 4.85. The van der Waals surface area contributed by atoms with Crippen LogP contribution in [0.3, 0.4) is 0 Å². The summed E-state index contributed by atoms with van der Waals surface area (Å²) in [7, 11) is 0. The van der Waals surface area contributed by atoms with Crippen molar-refractivity contribution in [1.29, 1.82) is 0 Å². The summed E-state index contributed by atoms with van der Waals surface area (Å²) < 4.78 is 5.39. The predicted octanol–water partition coefficient (Wildman–Crippen LogP) is 3.53. The van der Waals surface area contributed by atoms with Gasteiger partial charge in [0.2, 0.25) is 0 Å². The molecule has 1 aliphatic carbocycles. The zero-order valence-electron chi connectivity index (χ0n) is 14.9. The molecular weight excluding hydrogens is 366 g/mol. The molecule has 4 rings (SSSR count). The third-order valence-corrected chi connectivity index (χ3v) is 7.16. The Labute approximate surface area is 161 Å². The molecule has 26 heavy (non-hydrogen) atoms. The minimum atomic E-state index is -0.113. The van der Waals surface area contributed by atoms with Gasteiger partial charge in [-0.25, -0.2) is 5.43 Å². The number of fused-ring (bicyclic) bond motifs is 1. The Kier molecular flexibility index (Phi) is 5.38. The number of nitrogens with one attached hydrogen (secondary N) is 1. The maximum atomic E-state index is 12.4. The van der Waals surface area contributed by atoms with E-state index in [0.29, 0.717) is 5.92 Å². The van der Waals surface area contributed by atoms with E-state index in [0.717, 1.165) is 48.9 Å². The molecule has 0 spiro atoms. The van der Waals surface area contributed by atoms with Crippen molar-refractivity contribution in [2.45, 2.75) is 26.2 Å². The van der Waals surface area contributed by atoms with Crippen LogP contribution >= 0.6 is 22.7 Å². The van der Waals surface area contributed by atoms with Crippen molar-refractivity contribution in [2.75, 3.05) is 31.2 Å². The van der Waals surface area contributed by atoms with E-state index < -0.39 is 0 Å². The van der Waals surface area contributed by atoms with Crippen molar-refractivity contribution < 1.29 is 9.53 Å². The Hall–Kier alpha value is -1.70. The van der Waals surface area contributed by atoms with Gasteiger partial charge in [-0.3, -0.25) is 4.79 Å². The Morgan fingerprint density at radius 1 is 1.35 bits per heavy atom. The fourth-order valence-corrected chi connectivity index (χ4v) is 5.42. The molecule has 1 saturated heterocycles. The van der Waals surface area contributed by atoms with Crippen LogP contribution in [0.5, 0.6) is 0 Å². The molecule has 0 aromatic carbocycles. The van der Waals surface area contributed by atoms with E-state index in [1.165, 1.54) is 21.9 Å². The first-order valence-electron chi connectivity index (χ1n) is 9.06. The number of hydrogen-bond acceptors (Lipinski definition) is 6. The summed E-state index contributed by atoms with van der Waals surface area (Å²) in [5, 5.41) is 5.37. The summed E-state index contributed by atoms with van der Waals surface area (Å²) in [4.78, 5) is 17.8. The minimum Gasteiger partial charge on any atom is -0.378 e. The predicted molar refractivity (Wildman–Crippen MR) is 108 cm³/mol. The lowest BCUT2D eigenvalue weighted by Gasteiger charge is -2.27. The van der Waals surface area contributed by atoms with Crippen molar-refractivity contribution in [3.05, 3.63) is 38.4 Å². The Morgan fingerprint density at radius 2 is 2.19 bits per heavy atom. The molecule has 0 saturated carbocycles. The van der Waals surface area contributed by atoms with Gasteiger partial charge in [0.25, 0.3) is 5.91 Å². The molecular formula is C19H23N3O2S2. The van der Waals surface area contributed by atoms with E-state index >= 15 is 0 Å². The summed E-state index contributed by atoms with van der Waals surface area (Å²) in [5.41, 5.74) is 4.01. The van der Waals surface area contributed by atoms with Crippen molar-refractivity contribution in [3.8, 4) is 0 Å². The fourth-order valence-electron chi connectivity index (χ4n) is 3.39. The van der Waals surface area contributed by atoms with Gasteiger partial charge in [-0.15, -0.1) is 22.7 Å². The molecule has 1 atom stereocenters. The molecule has 0 bridgehead atoms. The summed E-state index contributed by atoms with van der Waals surface area (Å²) >= 11 is 3.29. The topological polar surface area (TPSA) is 53.9 Å². The maximum absolute atomic E-state index is 12.4. The summed E-state index contributed by atoms with van der Waals surface area (Å²) in [6.07, 6.45) is 5.12. The number of nitrogens with zero attached hydrogens (tertiary/aromatic N) is 2. The lowest BCUT2D eigenvalue weighted by atomic mass is 9.90. The number of hydrogen-bond donors (Lipinski definition) is 1. The van der Waals surface area contributed by atoms with Gasteiger partial charge in [0, 0.05) is 22.8 Å². The molecule has 1 amide bonds. The molecule has 0 radical (unpaired) electrons. The highest BCUT2D eigenvalue weighted by molar-refractivity contribution is 7.17. The average molecular weight is 390 g/mol. The van der Waals surface area contributed by atoms with E-state index in [1.807, 2.05) is 12.1 Å². The van der Waals surface area contributed by atoms with Gasteiger partial charge in [-0.2, -0.15) is 5.10 Å². The number of rotatable bonds is 4. The van der Waals surface area contributed by atoms with Gasteiger partial charge in [-0.1, -0.05) is 6.92 Å². The lowest BCUT2D eigenvalue weighted by Crippen LogP contribution is -2.35. The molecule has 3 heterocycles. The first-order chi connectivity index (χ1) is 12.7. The quantitative estimate of drug-likeness (QED) is 0.643. The van der Waals surface area contributed by atoms with E-state index in [9.17, 15) is 4.79 Å². The van der Waals surface area contributed by atoms with Gasteiger partial charge in [0.05, 0.1) is 29.3 Å². The second kappa shape index (κ2) is 7.90. The van der Waals surface area contributed by atoms with E-state index in [-0.39, 0.29) is 5.91 Å². The number of carbonyl (C=O) groups is 1. The van der Waals surface area contributed by atoms with Crippen LogP contribution in [0.15, 0.2) is 23.3 Å². The van der Waals surface area contributed by atoms with Crippen LogP contribution in [-0.4, -0.2) is 38.4 Å². The van der Waals surface area contributed by atoms with Crippen LogP contribution in [0.4, 0.5) is 5.00 Å². The molecule has 2 aromatic rings. The second-order valence-corrected chi connectivity index (χ2v) is 9.11. The summed E-state index contributed by atoms with van der Waals surface area (Å²) in [6, 6.07) is 6.19. The Bertz CT molecular complexity index is 806. The lowest BCUT2D eigenvalue weighted by molar-refractivity contribution is 0.0959. The van der Waals surface area contributed by atoms with Gasteiger partial charge in [0.1, 0.15) is 0 Å². The van der Waals surface area contributed by atoms with Crippen LogP contribution in [0.25, 0.3) is 0 Å². The summed E-state index contributed by atoms with van der Waals surface area (Å²) in [6.45, 7) is 5.68. The fraction of sp³-hybridized carbons (Fsp3) is 0.474. The van der Waals surface area contributed by atoms with Crippen molar-refractivity contribution in [3.63, 3.8) is 0 Å². The standard InChI is InChI=1S/C19H23N3O2S2/c1-13-2-4-16-14(10-13)11-17(26-16)19(23)21-20-12-15-3-5-18(25-15)22-6-8-24-9-7-22/h3,5,11-13H,2,4,6-10H2,1H3,(H,21,23)/b20-12-/t13-/m0/s1. The first kappa shape index (κ1) is 17.7. The third kappa shape index (κ3) is 4.00. The van der Waals surface area contributed by atoms with Crippen LogP contribution in [0.1, 0.15) is 38.3 Å². The Balaban J connectivity index is 1.35. The molecule has 2 aromatic heterocycles. The van der Waals surface area contributed by atoms with Crippen molar-refractivity contribution in [2.24, 2.45) is 11.0 Å². The van der Waals surface area contributed by atoms with Crippen LogP contribution in [0, 0.1) is 5.92 Å². The van der Waals surface area contributed by atoms with Crippen molar-refractivity contribution >= 4 is 39.8 Å². The monoisotopic (exact) mass is 389 g/mol. The van der Waals surface area contributed by atoms with Crippen LogP contribution < -0.4 is 10.3 Å². The van der Waals surface area contributed by atoms with E-state index in [1.54, 1.807) is 28.9 Å². The number of morpholine rings is 1. The number of hydrazone groups is 1. The smallest absolute Gasteiger partial charge is 0.281 e. The number of aryl methyl sites for hydroxylation is 1. The summed E-state index contributed by atoms with van der Waals surface area (Å²) in [5.74, 6) is 0.601. The molecule has 7 heteroatoms. The number of amides is 1. The van der Waals surface area contributed by atoms with Crippen LogP contribution in [-0.2, 0) is 17.6 Å². The molecule has 138 valence electrons. The SMILES string of the molecule is C[C@H]1CCc2sc(C(=O)N/N=C\c3ccc(N4CCOCC4)s3)cc2C1. The second-order valence-electron chi connectivity index (χ2n) is 6.88. The van der Waals surface area contributed by atoms with Crippen LogP contribution in [0.2, 0.25) is 0 Å². The zero-order chi connectivity index (χ0) is 17.9. The minimum absolute atomic E-state index is 0.113. The van der Waals surface area contributed by atoms with E-state index in [4.69, 9.17) is 4.74 Å². The number of carbonyl (C=O) groups excluding carboxylic acids is 1. The highest BCUT2D eigenvalue weighted by Crippen LogP contribution is 2.32. The van der Waals surface area contributed by atoms with Gasteiger partial charge >= 0.3 is 0 Å². The van der Waals surface area contributed by atoms with E-state index in [2.05, 4.69) is 28.4 Å². The van der Waals surface area contributed by atoms with Crippen molar-refractivity contribution in [1.82, 2.24) is 5.43 Å². The number of thiophene rings is 2. The van der Waals surface area contributed by atoms with Gasteiger partial charge in [0.15, 0.2) is 0 Å². The number of ether oxygens (including phenoxy) is 1. The first-order valence-corrected chi connectivity index (χ1v) is 10.7. The highest BCUT2D eigenvalue weighted by atomic mass is 32.1. The molecule has 1 aliphatic heterocycles. The Morgan fingerprint density at radius 3 is 3.04 bits per heavy atom. The normalized spacial score (nSPS) is 20.3.